The molecule has 6 heteroatoms. The van der Waals surface area contributed by atoms with Gasteiger partial charge in [-0.05, 0) is 66.9 Å². The molecule has 0 aliphatic rings. The van der Waals surface area contributed by atoms with Crippen molar-refractivity contribution in [2.45, 2.75) is 12.8 Å². The summed E-state index contributed by atoms with van der Waals surface area (Å²) in [7, 11) is 0. The quantitative estimate of drug-likeness (QED) is 0.443. The Bertz CT molecular complexity index is 1100. The van der Waals surface area contributed by atoms with E-state index in [2.05, 4.69) is 15.0 Å². The normalized spacial score (nSPS) is 10.7. The monoisotopic (exact) mass is 389 g/mol. The van der Waals surface area contributed by atoms with Crippen LogP contribution in [0, 0.1) is 11.6 Å². The van der Waals surface area contributed by atoms with Crippen LogP contribution in [0.5, 0.6) is 11.5 Å². The molecule has 0 aliphatic carbocycles. The highest BCUT2D eigenvalue weighted by molar-refractivity contribution is 5.53. The average Bonchev–Trinajstić information content (AvgIpc) is 2.75. The smallest absolute Gasteiger partial charge is 0.161 e. The highest BCUT2D eigenvalue weighted by Gasteiger charge is 2.06. The number of hydrogen-bond acceptors (Lipinski definition) is 4. The van der Waals surface area contributed by atoms with Gasteiger partial charge in [0.05, 0.1) is 6.20 Å². The number of hydrogen-bond donors (Lipinski definition) is 0. The molecule has 29 heavy (non-hydrogen) atoms. The fraction of sp³-hybridized carbons (Fsp3) is 0.0870. The van der Waals surface area contributed by atoms with Crippen LogP contribution in [0.1, 0.15) is 11.3 Å². The van der Waals surface area contributed by atoms with Gasteiger partial charge in [0, 0.05) is 23.7 Å². The molecule has 0 spiro atoms. The van der Waals surface area contributed by atoms with Crippen molar-refractivity contribution in [1.82, 2.24) is 15.0 Å². The Morgan fingerprint density at radius 1 is 0.759 bits per heavy atom. The number of aryl methyl sites for hydroxylation is 2. The second-order valence-corrected chi connectivity index (χ2v) is 6.46. The van der Waals surface area contributed by atoms with Crippen LogP contribution in [-0.4, -0.2) is 15.0 Å². The Balaban J connectivity index is 1.39. The van der Waals surface area contributed by atoms with E-state index in [4.69, 9.17) is 4.74 Å². The Kier molecular flexibility index (Phi) is 5.52. The first-order valence-corrected chi connectivity index (χ1v) is 9.11. The van der Waals surface area contributed by atoms with Crippen LogP contribution < -0.4 is 4.74 Å². The van der Waals surface area contributed by atoms with E-state index < -0.39 is 5.82 Å². The zero-order valence-corrected chi connectivity index (χ0v) is 15.4. The van der Waals surface area contributed by atoms with E-state index in [0.29, 0.717) is 22.9 Å². The van der Waals surface area contributed by atoms with Gasteiger partial charge in [-0.25, -0.2) is 18.7 Å². The number of ether oxygens (including phenoxy) is 1. The van der Waals surface area contributed by atoms with Crippen molar-refractivity contribution >= 4 is 0 Å². The topological polar surface area (TPSA) is 47.9 Å². The molecular weight excluding hydrogens is 372 g/mol. The van der Waals surface area contributed by atoms with Crippen molar-refractivity contribution in [2.24, 2.45) is 0 Å². The predicted octanol–water partition coefficient (Wildman–Crippen LogP) is 5.39. The number of aromatic nitrogens is 3. The number of benzene rings is 2. The first-order chi connectivity index (χ1) is 14.2. The van der Waals surface area contributed by atoms with E-state index in [1.807, 2.05) is 30.3 Å². The summed E-state index contributed by atoms with van der Waals surface area (Å²) in [6, 6.07) is 16.8. The molecule has 144 valence electrons. The molecule has 0 bridgehead atoms. The van der Waals surface area contributed by atoms with Gasteiger partial charge in [0.1, 0.15) is 23.1 Å². The minimum absolute atomic E-state index is 0.297. The molecule has 0 amide bonds. The number of nitrogens with zero attached hydrogens (tertiary/aromatic N) is 3. The summed E-state index contributed by atoms with van der Waals surface area (Å²) < 4.78 is 32.0. The van der Waals surface area contributed by atoms with Crippen LogP contribution in [-0.2, 0) is 12.8 Å². The summed E-state index contributed by atoms with van der Waals surface area (Å²) in [5.41, 5.74) is 2.55. The first-order valence-electron chi connectivity index (χ1n) is 9.11. The minimum Gasteiger partial charge on any atom is -0.457 e. The lowest BCUT2D eigenvalue weighted by Gasteiger charge is -2.07. The number of rotatable bonds is 6. The van der Waals surface area contributed by atoms with Crippen LogP contribution in [0.4, 0.5) is 8.78 Å². The maximum atomic E-state index is 13.4. The van der Waals surface area contributed by atoms with E-state index in [-0.39, 0.29) is 5.82 Å². The molecule has 2 heterocycles. The summed E-state index contributed by atoms with van der Waals surface area (Å²) in [6.07, 6.45) is 5.87. The third kappa shape index (κ3) is 4.99. The Morgan fingerprint density at radius 2 is 1.48 bits per heavy atom. The fourth-order valence-corrected chi connectivity index (χ4v) is 2.84. The molecule has 4 rings (SSSR count). The van der Waals surface area contributed by atoms with Crippen molar-refractivity contribution in [3.05, 3.63) is 102 Å². The Hall–Kier alpha value is -3.67. The van der Waals surface area contributed by atoms with Gasteiger partial charge in [-0.3, -0.25) is 4.98 Å². The van der Waals surface area contributed by atoms with Crippen molar-refractivity contribution in [1.29, 1.82) is 0 Å². The maximum Gasteiger partial charge on any atom is 0.161 e. The van der Waals surface area contributed by atoms with Gasteiger partial charge in [0.25, 0.3) is 0 Å². The SMILES string of the molecule is Fc1ccc(Oc2ccc(CCc3ccnc(-c4cncc(F)c4)n3)cc2)cc1. The van der Waals surface area contributed by atoms with Crippen LogP contribution in [0.25, 0.3) is 11.4 Å². The molecule has 0 N–H and O–H groups in total. The second-order valence-electron chi connectivity index (χ2n) is 6.46. The average molecular weight is 389 g/mol. The lowest BCUT2D eigenvalue weighted by molar-refractivity contribution is 0.480. The molecule has 0 saturated carbocycles. The lowest BCUT2D eigenvalue weighted by Crippen LogP contribution is -1.98. The number of pyridine rings is 1. The molecule has 4 aromatic rings. The highest BCUT2D eigenvalue weighted by atomic mass is 19.1. The van der Waals surface area contributed by atoms with Crippen LogP contribution in [0.15, 0.2) is 79.3 Å². The second kappa shape index (κ2) is 8.56. The Labute approximate surface area is 166 Å². The van der Waals surface area contributed by atoms with Gasteiger partial charge in [-0.1, -0.05) is 12.1 Å². The molecule has 0 atom stereocenters. The van der Waals surface area contributed by atoms with Gasteiger partial charge >= 0.3 is 0 Å². The molecule has 2 aromatic carbocycles. The summed E-state index contributed by atoms with van der Waals surface area (Å²) >= 11 is 0. The molecule has 2 aromatic heterocycles. The zero-order valence-electron chi connectivity index (χ0n) is 15.4. The maximum absolute atomic E-state index is 13.4. The molecule has 0 radical (unpaired) electrons. The fourth-order valence-electron chi connectivity index (χ4n) is 2.84. The molecular formula is C23H17F2N3O. The zero-order chi connectivity index (χ0) is 20.1. The molecule has 0 aliphatic heterocycles. The Morgan fingerprint density at radius 3 is 2.21 bits per heavy atom. The van der Waals surface area contributed by atoms with Gasteiger partial charge in [-0.15, -0.1) is 0 Å². The van der Waals surface area contributed by atoms with Gasteiger partial charge in [0.2, 0.25) is 0 Å². The van der Waals surface area contributed by atoms with Gasteiger partial charge in [-0.2, -0.15) is 0 Å². The third-order valence-electron chi connectivity index (χ3n) is 4.32. The van der Waals surface area contributed by atoms with Crippen molar-refractivity contribution < 1.29 is 13.5 Å². The molecule has 0 unspecified atom stereocenters. The van der Waals surface area contributed by atoms with Crippen molar-refractivity contribution in [2.75, 3.05) is 0 Å². The minimum atomic E-state index is -0.417. The molecule has 0 fully saturated rings. The third-order valence-corrected chi connectivity index (χ3v) is 4.32. The van der Waals surface area contributed by atoms with E-state index >= 15 is 0 Å². The lowest BCUT2D eigenvalue weighted by atomic mass is 10.1. The number of halogens is 2. The summed E-state index contributed by atoms with van der Waals surface area (Å²) in [5.74, 6) is 1.01. The summed E-state index contributed by atoms with van der Waals surface area (Å²) in [4.78, 5) is 12.6. The molecule has 0 saturated heterocycles. The van der Waals surface area contributed by atoms with Crippen molar-refractivity contribution in [3.63, 3.8) is 0 Å². The standard InChI is InChI=1S/C23H17F2N3O/c24-18-4-9-22(10-5-18)29-21-7-2-16(3-8-21)1-6-20-11-12-27-23(28-20)17-13-19(25)15-26-14-17/h2-5,7-15H,1,6H2. The van der Waals surface area contributed by atoms with Gasteiger partial charge in [0.15, 0.2) is 5.82 Å². The summed E-state index contributed by atoms with van der Waals surface area (Å²) in [6.45, 7) is 0. The van der Waals surface area contributed by atoms with E-state index in [1.165, 1.54) is 18.2 Å². The van der Waals surface area contributed by atoms with E-state index in [9.17, 15) is 8.78 Å². The largest absolute Gasteiger partial charge is 0.457 e. The van der Waals surface area contributed by atoms with E-state index in [1.54, 1.807) is 24.5 Å². The predicted molar refractivity (Wildman–Crippen MR) is 106 cm³/mol. The van der Waals surface area contributed by atoms with Crippen molar-refractivity contribution in [3.8, 4) is 22.9 Å². The summed E-state index contributed by atoms with van der Waals surface area (Å²) in [5, 5.41) is 0. The van der Waals surface area contributed by atoms with Gasteiger partial charge < -0.3 is 4.74 Å². The first kappa shape index (κ1) is 18.7. The van der Waals surface area contributed by atoms with Crippen LogP contribution in [0.3, 0.4) is 0 Å². The van der Waals surface area contributed by atoms with Crippen LogP contribution in [0.2, 0.25) is 0 Å². The highest BCUT2D eigenvalue weighted by Crippen LogP contribution is 2.22. The molecule has 4 nitrogen and oxygen atoms in total. The van der Waals surface area contributed by atoms with Crippen LogP contribution >= 0.6 is 0 Å². The van der Waals surface area contributed by atoms with E-state index in [0.717, 1.165) is 30.3 Å².